The monoisotopic (exact) mass is 222 g/mol. The first kappa shape index (κ1) is 12.4. The number of anilines is 1. The molecule has 0 saturated heterocycles. The summed E-state index contributed by atoms with van der Waals surface area (Å²) in [6.07, 6.45) is -0.497. The molecular formula is C12H18N2O2. The van der Waals surface area contributed by atoms with Crippen LogP contribution in [-0.4, -0.2) is 11.6 Å². The smallest absolute Gasteiger partial charge is 0.408 e. The number of carbonyl (C=O) groups is 1. The molecule has 0 heterocycles. The molecule has 3 N–H and O–H groups in total. The minimum absolute atomic E-state index is 0.323. The molecule has 0 aliphatic carbocycles. The van der Waals surface area contributed by atoms with Crippen molar-refractivity contribution < 1.29 is 9.53 Å². The molecule has 0 fully saturated rings. The highest BCUT2D eigenvalue weighted by Crippen LogP contribution is 2.22. The highest BCUT2D eigenvalue weighted by Gasteiger charge is 2.15. The zero-order valence-electron chi connectivity index (χ0n) is 10.1. The van der Waals surface area contributed by atoms with Crippen LogP contribution in [0.15, 0.2) is 18.2 Å². The van der Waals surface area contributed by atoms with Gasteiger partial charge in [0.1, 0.15) is 0 Å². The van der Waals surface area contributed by atoms with E-state index in [2.05, 4.69) is 5.32 Å². The lowest BCUT2D eigenvalue weighted by molar-refractivity contribution is 0.191. The van der Waals surface area contributed by atoms with E-state index in [0.717, 1.165) is 5.56 Å². The summed E-state index contributed by atoms with van der Waals surface area (Å²) in [5.41, 5.74) is 6.90. The number of ether oxygens (including phenoxy) is 1. The number of nitrogens with one attached hydrogen (secondary N) is 1. The number of amides is 1. The van der Waals surface area contributed by atoms with Crippen molar-refractivity contribution in [3.63, 3.8) is 0 Å². The van der Waals surface area contributed by atoms with Crippen molar-refractivity contribution in [3.8, 4) is 5.75 Å². The third-order valence-electron chi connectivity index (χ3n) is 1.85. The Bertz CT molecular complexity index is 394. The molecule has 16 heavy (non-hydrogen) atoms. The molecule has 0 unspecified atom stereocenters. The van der Waals surface area contributed by atoms with E-state index in [0.29, 0.717) is 11.4 Å². The Balaban J connectivity index is 2.70. The summed E-state index contributed by atoms with van der Waals surface area (Å²) in [6, 6.07) is 5.29. The van der Waals surface area contributed by atoms with Crippen molar-refractivity contribution in [2.24, 2.45) is 0 Å². The zero-order chi connectivity index (χ0) is 12.3. The van der Waals surface area contributed by atoms with Crippen LogP contribution < -0.4 is 15.8 Å². The molecule has 4 nitrogen and oxygen atoms in total. The van der Waals surface area contributed by atoms with Gasteiger partial charge in [-0.2, -0.15) is 0 Å². The Hall–Kier alpha value is -1.71. The maximum atomic E-state index is 11.5. The van der Waals surface area contributed by atoms with Crippen LogP contribution in [0.3, 0.4) is 0 Å². The Kier molecular flexibility index (Phi) is 3.42. The molecule has 1 aromatic rings. The fourth-order valence-corrected chi connectivity index (χ4v) is 1.19. The predicted octanol–water partition coefficient (Wildman–Crippen LogP) is 2.46. The van der Waals surface area contributed by atoms with Crippen LogP contribution in [0.1, 0.15) is 26.3 Å². The van der Waals surface area contributed by atoms with E-state index in [1.54, 1.807) is 12.1 Å². The van der Waals surface area contributed by atoms with Crippen molar-refractivity contribution in [1.82, 2.24) is 5.32 Å². The Morgan fingerprint density at radius 2 is 2.00 bits per heavy atom. The largest absolute Gasteiger partial charge is 0.413 e. The van der Waals surface area contributed by atoms with Gasteiger partial charge in [-0.05, 0) is 45.4 Å². The lowest BCUT2D eigenvalue weighted by Gasteiger charge is -2.20. The van der Waals surface area contributed by atoms with Crippen molar-refractivity contribution >= 4 is 11.8 Å². The number of hydrogen-bond donors (Lipinski definition) is 2. The van der Waals surface area contributed by atoms with E-state index in [9.17, 15) is 4.79 Å². The molecule has 1 rings (SSSR count). The second-order valence-corrected chi connectivity index (χ2v) is 4.81. The van der Waals surface area contributed by atoms with Gasteiger partial charge in [0, 0.05) is 5.54 Å². The van der Waals surface area contributed by atoms with Crippen molar-refractivity contribution in [3.05, 3.63) is 23.8 Å². The van der Waals surface area contributed by atoms with E-state index >= 15 is 0 Å². The number of nitrogen functional groups attached to an aromatic ring is 1. The van der Waals surface area contributed by atoms with Crippen LogP contribution in [0, 0.1) is 6.92 Å². The maximum Gasteiger partial charge on any atom is 0.413 e. The van der Waals surface area contributed by atoms with E-state index < -0.39 is 6.09 Å². The number of nitrogens with two attached hydrogens (primary N) is 1. The SMILES string of the molecule is Cc1ccc(OC(=O)NC(C)(C)C)c(N)c1. The number of carbonyl (C=O) groups excluding carboxylic acids is 1. The molecule has 0 radical (unpaired) electrons. The lowest BCUT2D eigenvalue weighted by Crippen LogP contribution is -2.42. The second-order valence-electron chi connectivity index (χ2n) is 4.81. The number of rotatable bonds is 1. The van der Waals surface area contributed by atoms with Gasteiger partial charge in [-0.15, -0.1) is 0 Å². The molecule has 1 amide bonds. The highest BCUT2D eigenvalue weighted by atomic mass is 16.6. The Morgan fingerprint density at radius 1 is 1.38 bits per heavy atom. The fraction of sp³-hybridized carbons (Fsp3) is 0.417. The molecule has 0 saturated carbocycles. The molecule has 0 aliphatic rings. The van der Waals surface area contributed by atoms with E-state index in [1.807, 2.05) is 33.8 Å². The molecule has 0 atom stereocenters. The Morgan fingerprint density at radius 3 is 2.50 bits per heavy atom. The van der Waals surface area contributed by atoms with Gasteiger partial charge in [-0.1, -0.05) is 6.07 Å². The van der Waals surface area contributed by atoms with Crippen LogP contribution in [0.25, 0.3) is 0 Å². The Labute approximate surface area is 95.8 Å². The van der Waals surface area contributed by atoms with Gasteiger partial charge in [0.05, 0.1) is 5.69 Å². The molecule has 0 bridgehead atoms. The normalized spacial score (nSPS) is 11.0. The van der Waals surface area contributed by atoms with E-state index in [1.165, 1.54) is 0 Å². The minimum atomic E-state index is -0.497. The van der Waals surface area contributed by atoms with Gasteiger partial charge in [0.15, 0.2) is 5.75 Å². The standard InChI is InChI=1S/C12H18N2O2/c1-8-5-6-10(9(13)7-8)16-11(15)14-12(2,3)4/h5-7H,13H2,1-4H3,(H,14,15). The van der Waals surface area contributed by atoms with Gasteiger partial charge in [0.2, 0.25) is 0 Å². The molecule has 0 spiro atoms. The quantitative estimate of drug-likeness (QED) is 0.717. The predicted molar refractivity (Wildman–Crippen MR) is 64.5 cm³/mol. The van der Waals surface area contributed by atoms with Gasteiger partial charge >= 0.3 is 6.09 Å². The second kappa shape index (κ2) is 4.43. The first-order valence-electron chi connectivity index (χ1n) is 5.14. The van der Waals surface area contributed by atoms with Crippen molar-refractivity contribution in [2.75, 3.05) is 5.73 Å². The first-order valence-corrected chi connectivity index (χ1v) is 5.14. The maximum absolute atomic E-state index is 11.5. The fourth-order valence-electron chi connectivity index (χ4n) is 1.19. The van der Waals surface area contributed by atoms with Gasteiger partial charge in [-0.3, -0.25) is 0 Å². The summed E-state index contributed by atoms with van der Waals surface area (Å²) >= 11 is 0. The summed E-state index contributed by atoms with van der Waals surface area (Å²) in [5, 5.41) is 2.69. The van der Waals surface area contributed by atoms with Crippen LogP contribution in [0.5, 0.6) is 5.75 Å². The number of benzene rings is 1. The molecule has 4 heteroatoms. The summed E-state index contributed by atoms with van der Waals surface area (Å²) in [6.45, 7) is 7.57. The summed E-state index contributed by atoms with van der Waals surface area (Å²) in [4.78, 5) is 11.5. The zero-order valence-corrected chi connectivity index (χ0v) is 10.1. The van der Waals surface area contributed by atoms with Gasteiger partial charge in [-0.25, -0.2) is 4.79 Å². The topological polar surface area (TPSA) is 64.3 Å². The van der Waals surface area contributed by atoms with E-state index in [-0.39, 0.29) is 5.54 Å². The third kappa shape index (κ3) is 3.81. The van der Waals surface area contributed by atoms with Gasteiger partial charge in [0.25, 0.3) is 0 Å². The highest BCUT2D eigenvalue weighted by molar-refractivity contribution is 5.73. The number of aryl methyl sites for hydroxylation is 1. The third-order valence-corrected chi connectivity index (χ3v) is 1.85. The summed E-state index contributed by atoms with van der Waals surface area (Å²) < 4.78 is 5.10. The van der Waals surface area contributed by atoms with Gasteiger partial charge < -0.3 is 15.8 Å². The van der Waals surface area contributed by atoms with Crippen molar-refractivity contribution in [2.45, 2.75) is 33.2 Å². The summed E-state index contributed by atoms with van der Waals surface area (Å²) in [5.74, 6) is 0.382. The summed E-state index contributed by atoms with van der Waals surface area (Å²) in [7, 11) is 0. The minimum Gasteiger partial charge on any atom is -0.408 e. The average molecular weight is 222 g/mol. The van der Waals surface area contributed by atoms with Crippen LogP contribution in [0.2, 0.25) is 0 Å². The molecule has 0 aromatic heterocycles. The molecule has 88 valence electrons. The van der Waals surface area contributed by atoms with Crippen molar-refractivity contribution in [1.29, 1.82) is 0 Å². The molecule has 1 aromatic carbocycles. The van der Waals surface area contributed by atoms with Crippen LogP contribution in [0.4, 0.5) is 10.5 Å². The van der Waals surface area contributed by atoms with Crippen LogP contribution in [-0.2, 0) is 0 Å². The van der Waals surface area contributed by atoms with E-state index in [4.69, 9.17) is 10.5 Å². The number of hydrogen-bond acceptors (Lipinski definition) is 3. The lowest BCUT2D eigenvalue weighted by atomic mass is 10.1. The molecule has 0 aliphatic heterocycles. The molecular weight excluding hydrogens is 204 g/mol. The first-order chi connectivity index (χ1) is 7.28. The average Bonchev–Trinajstić information content (AvgIpc) is 2.06. The van der Waals surface area contributed by atoms with Crippen LogP contribution >= 0.6 is 0 Å².